The maximum Gasteiger partial charge on any atom is 0.309 e. The van der Waals surface area contributed by atoms with Gasteiger partial charge in [0.05, 0.1) is 18.1 Å². The third kappa shape index (κ3) is 4.44. The fourth-order valence-corrected chi connectivity index (χ4v) is 2.88. The molecule has 0 radical (unpaired) electrons. The van der Waals surface area contributed by atoms with Gasteiger partial charge in [-0.3, -0.25) is 24.5 Å². The quantitative estimate of drug-likeness (QED) is 0.620. The van der Waals surface area contributed by atoms with Crippen molar-refractivity contribution < 1.29 is 14.5 Å². The number of carbonyl (C=O) groups is 1. The Morgan fingerprint density at radius 2 is 2.15 bits per heavy atom. The summed E-state index contributed by atoms with van der Waals surface area (Å²) in [4.78, 5) is 24.9. The molecule has 0 spiro atoms. The molecular formula is C17H21N5O4. The van der Waals surface area contributed by atoms with E-state index in [9.17, 15) is 14.9 Å². The van der Waals surface area contributed by atoms with E-state index in [4.69, 9.17) is 4.74 Å². The van der Waals surface area contributed by atoms with Crippen LogP contribution < -0.4 is 5.32 Å². The van der Waals surface area contributed by atoms with Crippen LogP contribution >= 0.6 is 0 Å². The Morgan fingerprint density at radius 3 is 2.85 bits per heavy atom. The van der Waals surface area contributed by atoms with Crippen LogP contribution in [-0.4, -0.2) is 51.8 Å². The van der Waals surface area contributed by atoms with Crippen LogP contribution in [0.25, 0.3) is 0 Å². The van der Waals surface area contributed by atoms with Crippen molar-refractivity contribution in [2.75, 3.05) is 31.6 Å². The Kier molecular flexibility index (Phi) is 5.59. The third-order valence-electron chi connectivity index (χ3n) is 4.29. The number of ether oxygens (including phenoxy) is 1. The summed E-state index contributed by atoms with van der Waals surface area (Å²) in [7, 11) is 0. The fourth-order valence-electron chi connectivity index (χ4n) is 2.88. The molecule has 0 aliphatic carbocycles. The predicted octanol–water partition coefficient (Wildman–Crippen LogP) is 1.57. The van der Waals surface area contributed by atoms with Crippen molar-refractivity contribution in [3.8, 4) is 0 Å². The maximum atomic E-state index is 12.2. The van der Waals surface area contributed by atoms with Crippen LogP contribution in [-0.2, 0) is 22.6 Å². The summed E-state index contributed by atoms with van der Waals surface area (Å²) in [5.41, 5.74) is 2.06. The number of nitrogens with zero attached hydrogens (tertiary/aromatic N) is 4. The number of rotatable bonds is 6. The first-order valence-corrected chi connectivity index (χ1v) is 8.38. The molecule has 1 N–H and O–H groups in total. The minimum atomic E-state index is -0.508. The molecule has 2 aromatic rings. The van der Waals surface area contributed by atoms with Gasteiger partial charge in [-0.1, -0.05) is 12.1 Å². The lowest BCUT2D eigenvalue weighted by molar-refractivity contribution is -0.385. The summed E-state index contributed by atoms with van der Waals surface area (Å²) in [6.07, 6.45) is 1.16. The van der Waals surface area contributed by atoms with Gasteiger partial charge in [0.1, 0.15) is 18.4 Å². The number of hydrogen-bond acceptors (Lipinski definition) is 6. The number of benzene rings is 1. The van der Waals surface area contributed by atoms with Crippen LogP contribution in [0.5, 0.6) is 0 Å². The van der Waals surface area contributed by atoms with Gasteiger partial charge < -0.3 is 10.1 Å². The number of nitrogens with one attached hydrogen (secondary N) is 1. The largest absolute Gasteiger partial charge is 0.379 e. The maximum absolute atomic E-state index is 12.2. The first-order chi connectivity index (χ1) is 12.5. The molecule has 138 valence electrons. The molecule has 1 aromatic heterocycles. The molecule has 0 saturated carbocycles. The van der Waals surface area contributed by atoms with Crippen LogP contribution in [0.4, 0.5) is 11.4 Å². The third-order valence-corrected chi connectivity index (χ3v) is 4.29. The number of morpholine rings is 1. The van der Waals surface area contributed by atoms with E-state index in [1.807, 2.05) is 24.3 Å². The van der Waals surface area contributed by atoms with Gasteiger partial charge in [-0.05, 0) is 24.6 Å². The summed E-state index contributed by atoms with van der Waals surface area (Å²) in [6.45, 7) is 5.58. The summed E-state index contributed by atoms with van der Waals surface area (Å²) in [6, 6.07) is 7.67. The molecular weight excluding hydrogens is 338 g/mol. The number of anilines is 1. The molecule has 1 aromatic carbocycles. The summed E-state index contributed by atoms with van der Waals surface area (Å²) in [5.74, 6) is -0.283. The standard InChI is InChI=1S/C17H21N5O4/c1-13-16(22(24)25)10-18-21(13)12-17(23)19-15-4-2-3-14(9-15)11-20-5-7-26-8-6-20/h2-4,9-10H,5-8,11-12H2,1H3,(H,19,23). The van der Waals surface area contributed by atoms with Crippen molar-refractivity contribution >= 4 is 17.3 Å². The number of nitro groups is 1. The van der Waals surface area contributed by atoms with Crippen molar-refractivity contribution in [3.05, 3.63) is 51.8 Å². The van der Waals surface area contributed by atoms with Gasteiger partial charge >= 0.3 is 5.69 Å². The Labute approximate surface area is 150 Å². The Balaban J connectivity index is 1.60. The van der Waals surface area contributed by atoms with Gasteiger partial charge in [-0.25, -0.2) is 0 Å². The minimum absolute atomic E-state index is 0.0760. The predicted molar refractivity (Wildman–Crippen MR) is 94.8 cm³/mol. The van der Waals surface area contributed by atoms with Crippen molar-refractivity contribution in [2.24, 2.45) is 0 Å². The highest BCUT2D eigenvalue weighted by atomic mass is 16.6. The van der Waals surface area contributed by atoms with Crippen LogP contribution in [0, 0.1) is 17.0 Å². The topological polar surface area (TPSA) is 103 Å². The molecule has 9 nitrogen and oxygen atoms in total. The zero-order valence-corrected chi connectivity index (χ0v) is 14.6. The first-order valence-electron chi connectivity index (χ1n) is 8.38. The molecule has 1 aliphatic heterocycles. The number of aromatic nitrogens is 2. The van der Waals surface area contributed by atoms with E-state index in [2.05, 4.69) is 15.3 Å². The molecule has 1 fully saturated rings. The van der Waals surface area contributed by atoms with Crippen molar-refractivity contribution in [1.82, 2.24) is 14.7 Å². The fraction of sp³-hybridized carbons (Fsp3) is 0.412. The van der Waals surface area contributed by atoms with Gasteiger partial charge in [0, 0.05) is 25.3 Å². The lowest BCUT2D eigenvalue weighted by Crippen LogP contribution is -2.35. The molecule has 1 amide bonds. The van der Waals surface area contributed by atoms with E-state index in [1.54, 1.807) is 6.92 Å². The van der Waals surface area contributed by atoms with Crippen LogP contribution in [0.2, 0.25) is 0 Å². The van der Waals surface area contributed by atoms with Gasteiger partial charge in [0.15, 0.2) is 0 Å². The van der Waals surface area contributed by atoms with Gasteiger partial charge in [-0.15, -0.1) is 0 Å². The van der Waals surface area contributed by atoms with E-state index in [1.165, 1.54) is 4.68 Å². The van der Waals surface area contributed by atoms with Crippen molar-refractivity contribution in [1.29, 1.82) is 0 Å². The smallest absolute Gasteiger partial charge is 0.309 e. The zero-order valence-electron chi connectivity index (χ0n) is 14.6. The Hall–Kier alpha value is -2.78. The van der Waals surface area contributed by atoms with E-state index >= 15 is 0 Å². The van der Waals surface area contributed by atoms with Crippen LogP contribution in [0.1, 0.15) is 11.3 Å². The van der Waals surface area contributed by atoms with Crippen LogP contribution in [0.3, 0.4) is 0 Å². The van der Waals surface area contributed by atoms with Gasteiger partial charge in [-0.2, -0.15) is 5.10 Å². The summed E-state index contributed by atoms with van der Waals surface area (Å²) < 4.78 is 6.67. The molecule has 0 bridgehead atoms. The molecule has 1 aliphatic rings. The lowest BCUT2D eigenvalue weighted by Gasteiger charge is -2.26. The minimum Gasteiger partial charge on any atom is -0.379 e. The highest BCUT2D eigenvalue weighted by Gasteiger charge is 2.18. The second kappa shape index (κ2) is 8.07. The van der Waals surface area contributed by atoms with E-state index in [-0.39, 0.29) is 18.1 Å². The zero-order chi connectivity index (χ0) is 18.5. The molecule has 0 atom stereocenters. The lowest BCUT2D eigenvalue weighted by atomic mass is 10.2. The van der Waals surface area contributed by atoms with Gasteiger partial charge in [0.2, 0.25) is 5.91 Å². The van der Waals surface area contributed by atoms with Crippen molar-refractivity contribution in [3.63, 3.8) is 0 Å². The number of hydrogen-bond donors (Lipinski definition) is 1. The molecule has 9 heteroatoms. The molecule has 1 saturated heterocycles. The molecule has 0 unspecified atom stereocenters. The van der Waals surface area contributed by atoms with E-state index in [0.29, 0.717) is 11.4 Å². The molecule has 26 heavy (non-hydrogen) atoms. The van der Waals surface area contributed by atoms with E-state index in [0.717, 1.165) is 44.6 Å². The highest BCUT2D eigenvalue weighted by Crippen LogP contribution is 2.17. The Morgan fingerprint density at radius 1 is 1.38 bits per heavy atom. The van der Waals surface area contributed by atoms with Crippen LogP contribution in [0.15, 0.2) is 30.5 Å². The van der Waals surface area contributed by atoms with Gasteiger partial charge in [0.25, 0.3) is 0 Å². The monoisotopic (exact) mass is 359 g/mol. The average molecular weight is 359 g/mol. The second-order valence-electron chi connectivity index (χ2n) is 6.17. The average Bonchev–Trinajstić information content (AvgIpc) is 2.97. The van der Waals surface area contributed by atoms with Crippen molar-refractivity contribution in [2.45, 2.75) is 20.0 Å². The molecule has 2 heterocycles. The van der Waals surface area contributed by atoms with E-state index < -0.39 is 4.92 Å². The Bertz CT molecular complexity index is 798. The summed E-state index contributed by atoms with van der Waals surface area (Å²) >= 11 is 0. The number of carbonyl (C=O) groups excluding carboxylic acids is 1. The summed E-state index contributed by atoms with van der Waals surface area (Å²) in [5, 5.41) is 17.6. The molecule has 3 rings (SSSR count). The number of amides is 1. The highest BCUT2D eigenvalue weighted by molar-refractivity contribution is 5.90. The SMILES string of the molecule is Cc1c([N+](=O)[O-])cnn1CC(=O)Nc1cccc(CN2CCOCC2)c1. The second-order valence-corrected chi connectivity index (χ2v) is 6.17. The first kappa shape index (κ1) is 18.0. The normalized spacial score (nSPS) is 15.0.